The van der Waals surface area contributed by atoms with E-state index in [0.29, 0.717) is 5.25 Å². The first-order chi connectivity index (χ1) is 6.78. The first-order valence-corrected chi connectivity index (χ1v) is 8.90. The zero-order chi connectivity index (χ0) is 10.8. The molecule has 0 N–H and O–H groups in total. The molecular weight excluding hydrogens is 268 g/mol. The molecule has 0 rings (SSSR count). The van der Waals surface area contributed by atoms with Crippen molar-refractivity contribution in [2.45, 2.75) is 18.6 Å². The molecule has 0 fully saturated rings. The standard InChI is InChI=1S/C9H20S5/c1-2-8(3-10)5-13-6-9(4-11)14-7-12/h8-12H,2-7H2,1H3. The summed E-state index contributed by atoms with van der Waals surface area (Å²) in [4.78, 5) is 0. The molecule has 0 saturated heterocycles. The number of thiol groups is 3. The normalized spacial score (nSPS) is 15.4. The number of hydrogen-bond acceptors (Lipinski definition) is 5. The molecule has 0 aliphatic rings. The second kappa shape index (κ2) is 11.2. The van der Waals surface area contributed by atoms with E-state index in [4.69, 9.17) is 0 Å². The van der Waals surface area contributed by atoms with Crippen LogP contribution in [0.5, 0.6) is 0 Å². The number of thioether (sulfide) groups is 2. The molecule has 0 aromatic heterocycles. The van der Waals surface area contributed by atoms with Crippen LogP contribution < -0.4 is 0 Å². The van der Waals surface area contributed by atoms with Gasteiger partial charge in [-0.2, -0.15) is 49.6 Å². The fourth-order valence-corrected chi connectivity index (χ4v) is 4.93. The Morgan fingerprint density at radius 1 is 1.07 bits per heavy atom. The van der Waals surface area contributed by atoms with Crippen molar-refractivity contribution < 1.29 is 0 Å². The number of hydrogen-bond donors (Lipinski definition) is 3. The Morgan fingerprint density at radius 3 is 2.21 bits per heavy atom. The van der Waals surface area contributed by atoms with Gasteiger partial charge in [0, 0.05) is 21.8 Å². The van der Waals surface area contributed by atoms with Crippen LogP contribution in [0, 0.1) is 5.92 Å². The molecule has 86 valence electrons. The van der Waals surface area contributed by atoms with E-state index in [1.807, 2.05) is 23.5 Å². The lowest BCUT2D eigenvalue weighted by Crippen LogP contribution is -2.11. The maximum absolute atomic E-state index is 4.34. The third-order valence-corrected chi connectivity index (χ3v) is 6.17. The Hall–Kier alpha value is 1.75. The summed E-state index contributed by atoms with van der Waals surface area (Å²) in [6.07, 6.45) is 1.24. The van der Waals surface area contributed by atoms with E-state index in [9.17, 15) is 0 Å². The van der Waals surface area contributed by atoms with Crippen LogP contribution in [0.2, 0.25) is 0 Å². The maximum atomic E-state index is 4.34. The maximum Gasteiger partial charge on any atom is 0.0365 e. The highest BCUT2D eigenvalue weighted by atomic mass is 32.2. The van der Waals surface area contributed by atoms with Gasteiger partial charge in [0.1, 0.15) is 0 Å². The Morgan fingerprint density at radius 2 is 1.79 bits per heavy atom. The van der Waals surface area contributed by atoms with Crippen molar-refractivity contribution in [2.24, 2.45) is 5.92 Å². The van der Waals surface area contributed by atoms with Gasteiger partial charge >= 0.3 is 0 Å². The van der Waals surface area contributed by atoms with Gasteiger partial charge in [-0.15, -0.1) is 11.8 Å². The molecule has 0 nitrogen and oxygen atoms in total. The fourth-order valence-electron chi connectivity index (χ4n) is 0.925. The van der Waals surface area contributed by atoms with Crippen molar-refractivity contribution in [2.75, 3.05) is 28.1 Å². The molecule has 2 atom stereocenters. The van der Waals surface area contributed by atoms with Crippen LogP contribution in [-0.4, -0.2) is 33.3 Å². The van der Waals surface area contributed by atoms with Crippen LogP contribution in [0.3, 0.4) is 0 Å². The summed E-state index contributed by atoms with van der Waals surface area (Å²) in [5.74, 6) is 5.16. The predicted octanol–water partition coefficient (Wildman–Crippen LogP) is 3.59. The van der Waals surface area contributed by atoms with Crippen molar-refractivity contribution in [3.05, 3.63) is 0 Å². The Balaban J connectivity index is 3.48. The Bertz CT molecular complexity index is 116. The van der Waals surface area contributed by atoms with E-state index >= 15 is 0 Å². The van der Waals surface area contributed by atoms with Crippen molar-refractivity contribution in [1.82, 2.24) is 0 Å². The van der Waals surface area contributed by atoms with Crippen LogP contribution in [0.1, 0.15) is 13.3 Å². The van der Waals surface area contributed by atoms with Gasteiger partial charge in [0.15, 0.2) is 0 Å². The van der Waals surface area contributed by atoms with Gasteiger partial charge in [-0.05, 0) is 17.4 Å². The van der Waals surface area contributed by atoms with Crippen molar-refractivity contribution in [1.29, 1.82) is 0 Å². The van der Waals surface area contributed by atoms with Crippen LogP contribution in [-0.2, 0) is 0 Å². The van der Waals surface area contributed by atoms with Gasteiger partial charge < -0.3 is 0 Å². The summed E-state index contributed by atoms with van der Waals surface area (Å²) >= 11 is 16.8. The first-order valence-electron chi connectivity index (χ1n) is 4.80. The number of rotatable bonds is 9. The van der Waals surface area contributed by atoms with E-state index in [2.05, 4.69) is 44.8 Å². The van der Waals surface area contributed by atoms with Gasteiger partial charge in [0.05, 0.1) is 0 Å². The summed E-state index contributed by atoms with van der Waals surface area (Å²) in [7, 11) is 0. The molecule has 0 aromatic rings. The monoisotopic (exact) mass is 288 g/mol. The zero-order valence-electron chi connectivity index (χ0n) is 8.56. The fraction of sp³-hybridized carbons (Fsp3) is 1.00. The largest absolute Gasteiger partial charge is 0.179 e. The molecule has 0 amide bonds. The SMILES string of the molecule is CCC(CS)CSCC(CS)SCS. The van der Waals surface area contributed by atoms with E-state index in [-0.39, 0.29) is 0 Å². The molecular formula is C9H20S5. The van der Waals surface area contributed by atoms with E-state index in [1.54, 1.807) is 0 Å². The topological polar surface area (TPSA) is 0 Å². The summed E-state index contributed by atoms with van der Waals surface area (Å²) < 4.78 is 0. The highest BCUT2D eigenvalue weighted by molar-refractivity contribution is 8.11. The van der Waals surface area contributed by atoms with Crippen molar-refractivity contribution >= 4 is 61.4 Å². The minimum absolute atomic E-state index is 0.651. The summed E-state index contributed by atoms with van der Waals surface area (Å²) in [5, 5.41) is 1.55. The third-order valence-electron chi connectivity index (χ3n) is 2.01. The van der Waals surface area contributed by atoms with Gasteiger partial charge in [0.25, 0.3) is 0 Å². The predicted molar refractivity (Wildman–Crippen MR) is 84.0 cm³/mol. The summed E-state index contributed by atoms with van der Waals surface area (Å²) in [6.45, 7) is 2.24. The molecule has 0 aliphatic heterocycles. The van der Waals surface area contributed by atoms with Crippen LogP contribution >= 0.6 is 61.4 Å². The lowest BCUT2D eigenvalue weighted by Gasteiger charge is -2.15. The van der Waals surface area contributed by atoms with Gasteiger partial charge in [-0.25, -0.2) is 0 Å². The highest BCUT2D eigenvalue weighted by Gasteiger charge is 2.09. The first kappa shape index (κ1) is 15.8. The second-order valence-corrected chi connectivity index (χ2v) is 6.93. The van der Waals surface area contributed by atoms with Gasteiger partial charge in [-0.3, -0.25) is 0 Å². The molecule has 0 saturated carbocycles. The van der Waals surface area contributed by atoms with Crippen molar-refractivity contribution in [3.8, 4) is 0 Å². The Kier molecular flexibility index (Phi) is 12.6. The quantitative estimate of drug-likeness (QED) is 0.438. The highest BCUT2D eigenvalue weighted by Crippen LogP contribution is 2.21. The molecule has 0 aliphatic carbocycles. The van der Waals surface area contributed by atoms with Gasteiger partial charge in [0.2, 0.25) is 0 Å². The molecule has 0 spiro atoms. The molecule has 0 aromatic carbocycles. The third kappa shape index (κ3) is 7.97. The second-order valence-electron chi connectivity index (χ2n) is 3.09. The van der Waals surface area contributed by atoms with E-state index in [1.165, 1.54) is 17.9 Å². The van der Waals surface area contributed by atoms with Crippen LogP contribution in [0.25, 0.3) is 0 Å². The lowest BCUT2D eigenvalue weighted by atomic mass is 10.2. The molecule has 5 heteroatoms. The zero-order valence-corrected chi connectivity index (χ0v) is 12.9. The molecule has 0 radical (unpaired) electrons. The average molecular weight is 289 g/mol. The Labute approximate surface area is 113 Å². The molecule has 14 heavy (non-hydrogen) atoms. The van der Waals surface area contributed by atoms with Crippen molar-refractivity contribution in [3.63, 3.8) is 0 Å². The smallest absolute Gasteiger partial charge is 0.0365 e. The summed E-state index contributed by atoms with van der Waals surface area (Å²) in [6, 6.07) is 0. The average Bonchev–Trinajstić information content (AvgIpc) is 2.23. The minimum Gasteiger partial charge on any atom is -0.179 e. The molecule has 0 bridgehead atoms. The molecule has 2 unspecified atom stereocenters. The van der Waals surface area contributed by atoms with Crippen LogP contribution in [0.4, 0.5) is 0 Å². The lowest BCUT2D eigenvalue weighted by molar-refractivity contribution is 0.649. The van der Waals surface area contributed by atoms with Crippen LogP contribution in [0.15, 0.2) is 0 Å². The van der Waals surface area contributed by atoms with Gasteiger partial charge in [-0.1, -0.05) is 13.3 Å². The molecule has 0 heterocycles. The summed E-state index contributed by atoms with van der Waals surface area (Å²) in [5.41, 5.74) is 0. The van der Waals surface area contributed by atoms with E-state index in [0.717, 1.165) is 22.5 Å². The van der Waals surface area contributed by atoms with E-state index < -0.39 is 0 Å². The minimum atomic E-state index is 0.651.